The van der Waals surface area contributed by atoms with E-state index < -0.39 is 5.91 Å². The molecule has 0 spiro atoms. The molecule has 0 aliphatic carbocycles. The summed E-state index contributed by atoms with van der Waals surface area (Å²) in [6.07, 6.45) is 4.28. The number of aryl methyl sites for hydroxylation is 1. The number of carbonyl (C=O) groups excluding carboxylic acids is 1. The summed E-state index contributed by atoms with van der Waals surface area (Å²) in [4.78, 5) is 28.5. The highest BCUT2D eigenvalue weighted by Crippen LogP contribution is 2.32. The molecular formula is C29H44ClN7O3. The summed E-state index contributed by atoms with van der Waals surface area (Å²) in [5.74, 6) is 0.0566. The number of methoxy groups -OCH3 is 1. The van der Waals surface area contributed by atoms with Gasteiger partial charge in [-0.2, -0.15) is 0 Å². The van der Waals surface area contributed by atoms with E-state index >= 15 is 0 Å². The highest BCUT2D eigenvalue weighted by atomic mass is 35.5. The predicted molar refractivity (Wildman–Crippen MR) is 159 cm³/mol. The van der Waals surface area contributed by atoms with E-state index in [2.05, 4.69) is 68.1 Å². The van der Waals surface area contributed by atoms with Crippen LogP contribution in [0.5, 0.6) is 0 Å². The quantitative estimate of drug-likeness (QED) is 0.372. The molecule has 4 N–H and O–H groups in total. The molecule has 2 aliphatic heterocycles. The molecule has 220 valence electrons. The molecule has 1 amide bonds. The number of ether oxygens (including phenoxy) is 1. The molecule has 0 radical (unpaired) electrons. The van der Waals surface area contributed by atoms with E-state index in [0.29, 0.717) is 23.9 Å². The first-order valence-electron chi connectivity index (χ1n) is 14.4. The Morgan fingerprint density at radius 2 is 1.93 bits per heavy atom. The molecule has 2 aromatic rings. The van der Waals surface area contributed by atoms with Gasteiger partial charge in [0.2, 0.25) is 0 Å². The molecule has 0 bridgehead atoms. The number of nitrogens with two attached hydrogens (primary N) is 1. The van der Waals surface area contributed by atoms with E-state index in [9.17, 15) is 4.79 Å². The second-order valence-corrected chi connectivity index (χ2v) is 11.1. The lowest BCUT2D eigenvalue weighted by Gasteiger charge is -2.48. The largest absolute Gasteiger partial charge is 0.395 e. The van der Waals surface area contributed by atoms with Gasteiger partial charge in [-0.15, -0.1) is 0 Å². The van der Waals surface area contributed by atoms with Gasteiger partial charge in [-0.3, -0.25) is 14.6 Å². The minimum atomic E-state index is -0.498. The molecule has 2 atom stereocenters. The Hall–Kier alpha value is -2.50. The van der Waals surface area contributed by atoms with Crippen molar-refractivity contribution in [3.8, 4) is 0 Å². The van der Waals surface area contributed by atoms with Crippen molar-refractivity contribution < 1.29 is 14.6 Å². The first kappa shape index (κ1) is 30.5. The molecule has 11 heteroatoms. The van der Waals surface area contributed by atoms with E-state index in [1.54, 1.807) is 7.11 Å². The van der Waals surface area contributed by atoms with Crippen molar-refractivity contribution in [1.82, 2.24) is 25.1 Å². The second-order valence-electron chi connectivity index (χ2n) is 10.8. The Bertz CT molecular complexity index is 1110. The number of anilines is 2. The van der Waals surface area contributed by atoms with Gasteiger partial charge in [0.25, 0.3) is 5.91 Å². The van der Waals surface area contributed by atoms with Crippen LogP contribution < -0.4 is 16.0 Å². The van der Waals surface area contributed by atoms with Gasteiger partial charge in [0, 0.05) is 71.1 Å². The number of carbonyl (C=O) groups is 1. The zero-order valence-electron chi connectivity index (χ0n) is 24.0. The van der Waals surface area contributed by atoms with Gasteiger partial charge >= 0.3 is 0 Å². The Kier molecular flexibility index (Phi) is 11.0. The summed E-state index contributed by atoms with van der Waals surface area (Å²) in [7, 11) is 1.78. The number of halogens is 1. The molecule has 0 saturated carbocycles. The Morgan fingerprint density at radius 3 is 2.58 bits per heavy atom. The monoisotopic (exact) mass is 573 g/mol. The smallest absolute Gasteiger partial charge is 0.273 e. The number of nitrogens with zero attached hydrogens (tertiary/aromatic N) is 5. The first-order chi connectivity index (χ1) is 19.4. The summed E-state index contributed by atoms with van der Waals surface area (Å²) in [6.45, 7) is 9.63. The number of aliphatic hydroxyl groups is 1. The third-order valence-electron chi connectivity index (χ3n) is 8.24. The lowest BCUT2D eigenvalue weighted by atomic mass is 9.94. The number of aliphatic hydroxyl groups excluding tert-OH is 1. The Balaban J connectivity index is 1.39. The van der Waals surface area contributed by atoms with Crippen LogP contribution in [0.1, 0.15) is 60.3 Å². The Labute approximate surface area is 242 Å². The molecule has 2 fully saturated rings. The van der Waals surface area contributed by atoms with Gasteiger partial charge in [0.05, 0.1) is 6.61 Å². The highest BCUT2D eigenvalue weighted by molar-refractivity contribution is 6.32. The zero-order valence-corrected chi connectivity index (χ0v) is 24.7. The number of piperidine rings is 1. The standard InChI is InChI=1S/C29H44ClN7O3/c1-4-22-19-36(28-26(30)33-25(27(31)34-28)29(39)32-12-17-38)15-16-37(22)23-9-13-35(14-10-23)24(11-18-40-3)21-7-5-20(2)6-8-21/h5-8,22-24,38H,4,9-19H2,1-3H3,(H2,31,34)(H,32,39)/t22-,24?/m0/s1. The molecular weight excluding hydrogens is 530 g/mol. The van der Waals surface area contributed by atoms with Gasteiger partial charge in [-0.25, -0.2) is 9.97 Å². The number of piperazine rings is 1. The summed E-state index contributed by atoms with van der Waals surface area (Å²) in [5, 5.41) is 11.7. The van der Waals surface area contributed by atoms with Crippen LogP contribution in [0.25, 0.3) is 0 Å². The molecule has 2 saturated heterocycles. The van der Waals surface area contributed by atoms with Crippen LogP contribution >= 0.6 is 11.6 Å². The molecule has 1 unspecified atom stereocenters. The third-order valence-corrected chi connectivity index (χ3v) is 8.49. The van der Waals surface area contributed by atoms with Crippen molar-refractivity contribution in [3.05, 3.63) is 46.2 Å². The van der Waals surface area contributed by atoms with Crippen molar-refractivity contribution in [2.75, 3.05) is 70.2 Å². The maximum Gasteiger partial charge on any atom is 0.273 e. The summed E-state index contributed by atoms with van der Waals surface area (Å²) < 4.78 is 5.45. The van der Waals surface area contributed by atoms with Crippen molar-refractivity contribution in [1.29, 1.82) is 0 Å². The van der Waals surface area contributed by atoms with Crippen molar-refractivity contribution in [3.63, 3.8) is 0 Å². The van der Waals surface area contributed by atoms with Crippen LogP contribution in [0.4, 0.5) is 11.6 Å². The van der Waals surface area contributed by atoms with Crippen LogP contribution in [0.2, 0.25) is 5.15 Å². The first-order valence-corrected chi connectivity index (χ1v) is 14.8. The molecule has 1 aromatic heterocycles. The molecule has 3 heterocycles. The van der Waals surface area contributed by atoms with Gasteiger partial charge in [-0.05, 0) is 38.2 Å². The van der Waals surface area contributed by atoms with Gasteiger partial charge in [-0.1, -0.05) is 48.4 Å². The number of amides is 1. The second kappa shape index (κ2) is 14.4. The minimum absolute atomic E-state index is 0.0194. The number of hydrogen-bond acceptors (Lipinski definition) is 9. The van der Waals surface area contributed by atoms with Gasteiger partial charge in [0.1, 0.15) is 0 Å². The highest BCUT2D eigenvalue weighted by Gasteiger charge is 2.35. The lowest BCUT2D eigenvalue weighted by molar-refractivity contribution is 0.0415. The fraction of sp³-hybridized carbons (Fsp3) is 0.621. The third kappa shape index (κ3) is 7.22. The zero-order chi connectivity index (χ0) is 28.6. The van der Waals surface area contributed by atoms with E-state index in [-0.39, 0.29) is 29.8 Å². The normalized spacial score (nSPS) is 20.0. The van der Waals surface area contributed by atoms with Crippen molar-refractivity contribution in [2.24, 2.45) is 0 Å². The topological polar surface area (TPSA) is 120 Å². The van der Waals surface area contributed by atoms with Crippen LogP contribution in [0.15, 0.2) is 24.3 Å². The summed E-state index contributed by atoms with van der Waals surface area (Å²) in [5.41, 5.74) is 8.73. The van der Waals surface area contributed by atoms with Crippen LogP contribution in [0, 0.1) is 6.92 Å². The number of nitrogen functional groups attached to an aromatic ring is 1. The number of benzene rings is 1. The fourth-order valence-corrected chi connectivity index (χ4v) is 6.30. The molecule has 2 aliphatic rings. The van der Waals surface area contributed by atoms with Crippen LogP contribution in [-0.4, -0.2) is 102 Å². The number of likely N-dealkylation sites (tertiary alicyclic amines) is 1. The van der Waals surface area contributed by atoms with E-state index in [0.717, 1.165) is 65.0 Å². The average Bonchev–Trinajstić information content (AvgIpc) is 2.98. The van der Waals surface area contributed by atoms with Crippen LogP contribution in [-0.2, 0) is 4.74 Å². The average molecular weight is 574 g/mol. The SMILES string of the molecule is CC[C@H]1CN(c2nc(N)c(C(=O)NCCO)nc2Cl)CCN1C1CCN(C(CCOC)c2ccc(C)cc2)CC1. The molecule has 10 nitrogen and oxygen atoms in total. The maximum atomic E-state index is 12.3. The van der Waals surface area contributed by atoms with Gasteiger partial charge in [0.15, 0.2) is 22.5 Å². The van der Waals surface area contributed by atoms with Crippen LogP contribution in [0.3, 0.4) is 0 Å². The van der Waals surface area contributed by atoms with Gasteiger partial charge < -0.3 is 25.8 Å². The number of rotatable bonds is 11. The number of nitrogens with one attached hydrogen (secondary N) is 1. The summed E-state index contributed by atoms with van der Waals surface area (Å²) in [6, 6.07) is 10.2. The van der Waals surface area contributed by atoms with Crippen molar-refractivity contribution in [2.45, 2.75) is 57.7 Å². The predicted octanol–water partition coefficient (Wildman–Crippen LogP) is 2.89. The molecule has 40 heavy (non-hydrogen) atoms. The van der Waals surface area contributed by atoms with E-state index in [1.807, 2.05) is 0 Å². The lowest BCUT2D eigenvalue weighted by Crippen LogP contribution is -2.58. The minimum Gasteiger partial charge on any atom is -0.395 e. The van der Waals surface area contributed by atoms with E-state index in [4.69, 9.17) is 27.2 Å². The number of hydrogen-bond donors (Lipinski definition) is 3. The van der Waals surface area contributed by atoms with E-state index in [1.165, 1.54) is 11.1 Å². The summed E-state index contributed by atoms with van der Waals surface area (Å²) >= 11 is 6.50. The van der Waals surface area contributed by atoms with Crippen molar-refractivity contribution >= 4 is 29.1 Å². The Morgan fingerprint density at radius 1 is 1.20 bits per heavy atom. The number of aromatic nitrogens is 2. The fourth-order valence-electron chi connectivity index (χ4n) is 6.05. The molecule has 1 aromatic carbocycles. The molecule has 4 rings (SSSR count). The maximum absolute atomic E-state index is 12.3.